The Hall–Kier alpha value is -1.56. The van der Waals surface area contributed by atoms with Crippen LogP contribution >= 0.6 is 0 Å². The van der Waals surface area contributed by atoms with Crippen LogP contribution in [0.2, 0.25) is 0 Å². The van der Waals surface area contributed by atoms with Gasteiger partial charge in [0.15, 0.2) is 6.61 Å². The molecule has 1 amide bonds. The topological polar surface area (TPSA) is 75.8 Å². The molecule has 1 N–H and O–H groups in total. The Labute approximate surface area is 93.8 Å². The van der Waals surface area contributed by atoms with Crippen LogP contribution in [-0.2, 0) is 4.79 Å². The summed E-state index contributed by atoms with van der Waals surface area (Å²) < 4.78 is 9.90. The van der Waals surface area contributed by atoms with Crippen molar-refractivity contribution in [1.29, 1.82) is 0 Å². The van der Waals surface area contributed by atoms with Crippen molar-refractivity contribution in [1.82, 2.24) is 10.1 Å². The minimum atomic E-state index is -0.553. The number of rotatable bonds is 5. The van der Waals surface area contributed by atoms with Crippen LogP contribution in [0.1, 0.15) is 12.7 Å². The molecule has 6 nitrogen and oxygen atoms in total. The second-order valence-corrected chi connectivity index (χ2v) is 3.69. The predicted octanol–water partition coefficient (Wildman–Crippen LogP) is 0.201. The van der Waals surface area contributed by atoms with Crippen LogP contribution in [0.5, 0.6) is 5.88 Å². The summed E-state index contributed by atoms with van der Waals surface area (Å²) in [6.45, 7) is 3.52. The van der Waals surface area contributed by atoms with E-state index in [1.165, 1.54) is 4.90 Å². The average Bonchev–Trinajstić information content (AvgIpc) is 2.59. The summed E-state index contributed by atoms with van der Waals surface area (Å²) >= 11 is 0. The third-order valence-corrected chi connectivity index (χ3v) is 1.91. The van der Waals surface area contributed by atoms with E-state index in [1.807, 2.05) is 0 Å². The zero-order chi connectivity index (χ0) is 12.1. The number of hydrogen-bond acceptors (Lipinski definition) is 5. The van der Waals surface area contributed by atoms with Crippen molar-refractivity contribution in [3.63, 3.8) is 0 Å². The van der Waals surface area contributed by atoms with Gasteiger partial charge in [-0.15, -0.1) is 0 Å². The molecule has 1 atom stereocenters. The average molecular weight is 228 g/mol. The van der Waals surface area contributed by atoms with Gasteiger partial charge in [0.1, 0.15) is 5.76 Å². The Morgan fingerprint density at radius 1 is 1.75 bits per heavy atom. The number of aliphatic hydroxyl groups excluding tert-OH is 1. The van der Waals surface area contributed by atoms with E-state index in [4.69, 9.17) is 14.4 Å². The highest BCUT2D eigenvalue weighted by Gasteiger charge is 2.12. The maximum absolute atomic E-state index is 11.5. The molecule has 1 rings (SSSR count). The zero-order valence-corrected chi connectivity index (χ0v) is 9.64. The molecule has 1 heterocycles. The SMILES string of the molecule is Cc1cc(OCC(=O)N(C)CC(C)O)no1. The van der Waals surface area contributed by atoms with Crippen LogP contribution in [0.4, 0.5) is 0 Å². The summed E-state index contributed by atoms with van der Waals surface area (Å²) in [5.41, 5.74) is 0. The van der Waals surface area contributed by atoms with Crippen molar-refractivity contribution in [2.24, 2.45) is 0 Å². The molecule has 1 unspecified atom stereocenters. The molecular weight excluding hydrogens is 212 g/mol. The fourth-order valence-corrected chi connectivity index (χ4v) is 1.16. The van der Waals surface area contributed by atoms with Gasteiger partial charge in [-0.1, -0.05) is 0 Å². The number of carbonyl (C=O) groups excluding carboxylic acids is 1. The lowest BCUT2D eigenvalue weighted by Gasteiger charge is -2.18. The number of aryl methyl sites for hydroxylation is 1. The highest BCUT2D eigenvalue weighted by atomic mass is 16.5. The van der Waals surface area contributed by atoms with Crippen LogP contribution in [0.3, 0.4) is 0 Å². The van der Waals surface area contributed by atoms with Crippen molar-refractivity contribution in [3.05, 3.63) is 11.8 Å². The van der Waals surface area contributed by atoms with E-state index in [0.717, 1.165) is 0 Å². The Morgan fingerprint density at radius 2 is 2.44 bits per heavy atom. The maximum Gasteiger partial charge on any atom is 0.260 e. The lowest BCUT2D eigenvalue weighted by atomic mass is 10.4. The molecular formula is C10H16N2O4. The van der Waals surface area contributed by atoms with Crippen LogP contribution < -0.4 is 4.74 Å². The molecule has 0 aliphatic heterocycles. The molecule has 0 saturated carbocycles. The fourth-order valence-electron chi connectivity index (χ4n) is 1.16. The second-order valence-electron chi connectivity index (χ2n) is 3.69. The van der Waals surface area contributed by atoms with Gasteiger partial charge in [-0.2, -0.15) is 0 Å². The number of likely N-dealkylation sites (N-methyl/N-ethyl adjacent to an activating group) is 1. The Kier molecular flexibility index (Phi) is 4.30. The van der Waals surface area contributed by atoms with Gasteiger partial charge in [0.05, 0.1) is 6.10 Å². The first-order valence-corrected chi connectivity index (χ1v) is 4.97. The first kappa shape index (κ1) is 12.5. The quantitative estimate of drug-likeness (QED) is 0.779. The molecule has 0 saturated heterocycles. The minimum Gasteiger partial charge on any atom is -0.465 e. The molecule has 1 aromatic heterocycles. The predicted molar refractivity (Wildman–Crippen MR) is 56.1 cm³/mol. The van der Waals surface area contributed by atoms with Gasteiger partial charge in [-0.3, -0.25) is 4.79 Å². The van der Waals surface area contributed by atoms with E-state index in [1.54, 1.807) is 27.0 Å². The number of nitrogens with zero attached hydrogens (tertiary/aromatic N) is 2. The number of hydrogen-bond donors (Lipinski definition) is 1. The summed E-state index contributed by atoms with van der Waals surface area (Å²) in [5.74, 6) is 0.692. The van der Waals surface area contributed by atoms with Crippen LogP contribution in [-0.4, -0.2) is 47.4 Å². The molecule has 0 aliphatic carbocycles. The van der Waals surface area contributed by atoms with Gasteiger partial charge in [0, 0.05) is 19.7 Å². The standard InChI is InChI=1S/C10H16N2O4/c1-7(13)5-12(3)10(14)6-15-9-4-8(2)16-11-9/h4,7,13H,5-6H2,1-3H3. The van der Waals surface area contributed by atoms with E-state index in [2.05, 4.69) is 5.16 Å². The lowest BCUT2D eigenvalue weighted by Crippen LogP contribution is -2.36. The highest BCUT2D eigenvalue weighted by molar-refractivity contribution is 5.77. The zero-order valence-electron chi connectivity index (χ0n) is 9.64. The van der Waals surface area contributed by atoms with Crippen molar-refractivity contribution < 1.29 is 19.2 Å². The van der Waals surface area contributed by atoms with E-state index in [0.29, 0.717) is 5.76 Å². The van der Waals surface area contributed by atoms with Crippen molar-refractivity contribution in [2.75, 3.05) is 20.2 Å². The van der Waals surface area contributed by atoms with Gasteiger partial charge in [0.2, 0.25) is 0 Å². The van der Waals surface area contributed by atoms with Crippen molar-refractivity contribution >= 4 is 5.91 Å². The largest absolute Gasteiger partial charge is 0.465 e. The molecule has 0 fully saturated rings. The number of amides is 1. The molecule has 1 aromatic rings. The Balaban J connectivity index is 2.35. The first-order chi connectivity index (χ1) is 7.49. The molecule has 6 heteroatoms. The summed E-state index contributed by atoms with van der Waals surface area (Å²) in [6.07, 6.45) is -0.553. The molecule has 0 bridgehead atoms. The van der Waals surface area contributed by atoms with E-state index < -0.39 is 6.10 Å². The maximum atomic E-state index is 11.5. The molecule has 0 aromatic carbocycles. The van der Waals surface area contributed by atoms with Crippen molar-refractivity contribution in [3.8, 4) is 5.88 Å². The fraction of sp³-hybridized carbons (Fsp3) is 0.600. The summed E-state index contributed by atoms with van der Waals surface area (Å²) in [6, 6.07) is 1.60. The monoisotopic (exact) mass is 228 g/mol. The van der Waals surface area contributed by atoms with Gasteiger partial charge in [-0.25, -0.2) is 0 Å². The summed E-state index contributed by atoms with van der Waals surface area (Å²) in [7, 11) is 1.60. The second kappa shape index (κ2) is 5.50. The van der Waals surface area contributed by atoms with E-state index >= 15 is 0 Å². The molecule has 0 radical (unpaired) electrons. The number of aromatic nitrogens is 1. The Bertz CT molecular complexity index is 348. The first-order valence-electron chi connectivity index (χ1n) is 4.97. The highest BCUT2D eigenvalue weighted by Crippen LogP contribution is 2.09. The van der Waals surface area contributed by atoms with Crippen LogP contribution in [0.15, 0.2) is 10.6 Å². The number of aliphatic hydroxyl groups is 1. The van der Waals surface area contributed by atoms with Crippen LogP contribution in [0, 0.1) is 6.92 Å². The molecule has 16 heavy (non-hydrogen) atoms. The van der Waals surface area contributed by atoms with Gasteiger partial charge < -0.3 is 19.3 Å². The molecule has 0 aliphatic rings. The molecule has 90 valence electrons. The van der Waals surface area contributed by atoms with Crippen LogP contribution in [0.25, 0.3) is 0 Å². The number of carbonyl (C=O) groups is 1. The smallest absolute Gasteiger partial charge is 0.260 e. The minimum absolute atomic E-state index is 0.116. The summed E-state index contributed by atoms with van der Waals surface area (Å²) in [4.78, 5) is 12.9. The Morgan fingerprint density at radius 3 is 2.94 bits per heavy atom. The normalized spacial score (nSPS) is 12.2. The third kappa shape index (κ3) is 3.90. The lowest BCUT2D eigenvalue weighted by molar-refractivity contribution is -0.133. The van der Waals surface area contributed by atoms with E-state index in [9.17, 15) is 4.79 Å². The number of ether oxygens (including phenoxy) is 1. The van der Waals surface area contributed by atoms with Gasteiger partial charge in [0.25, 0.3) is 11.8 Å². The van der Waals surface area contributed by atoms with Gasteiger partial charge in [-0.05, 0) is 19.0 Å². The van der Waals surface area contributed by atoms with Gasteiger partial charge >= 0.3 is 0 Å². The summed E-state index contributed by atoms with van der Waals surface area (Å²) in [5, 5.41) is 12.7. The molecule has 0 spiro atoms. The van der Waals surface area contributed by atoms with Crippen molar-refractivity contribution in [2.45, 2.75) is 20.0 Å². The third-order valence-electron chi connectivity index (χ3n) is 1.91. The van der Waals surface area contributed by atoms with E-state index in [-0.39, 0.29) is 24.9 Å².